The smallest absolute Gasteiger partial charge is 0.335 e. The van der Waals surface area contributed by atoms with Crippen molar-refractivity contribution in [2.45, 2.75) is 211 Å². The topological polar surface area (TPSA) is 292 Å². The summed E-state index contributed by atoms with van der Waals surface area (Å²) in [6.45, 7) is 16.0. The molecular formula is C48H76O18. The maximum Gasteiger partial charge on any atom is 0.335 e. The Morgan fingerprint density at radius 1 is 0.712 bits per heavy atom. The van der Waals surface area contributed by atoms with Crippen LogP contribution in [0.2, 0.25) is 0 Å². The van der Waals surface area contributed by atoms with E-state index in [4.69, 9.17) is 28.4 Å². The van der Waals surface area contributed by atoms with E-state index >= 15 is 0 Å². The van der Waals surface area contributed by atoms with Gasteiger partial charge in [0.1, 0.15) is 66.8 Å². The van der Waals surface area contributed by atoms with Gasteiger partial charge >= 0.3 is 5.97 Å². The summed E-state index contributed by atoms with van der Waals surface area (Å²) >= 11 is 0. The first-order valence-electron chi connectivity index (χ1n) is 24.1. The number of Topliss-reactive ketones (excluding diaryl/α,β-unsaturated/α-hetero) is 1. The van der Waals surface area contributed by atoms with Gasteiger partial charge < -0.3 is 79.5 Å². The number of ketones is 1. The van der Waals surface area contributed by atoms with E-state index in [-0.39, 0.29) is 51.4 Å². The second-order valence-corrected chi connectivity index (χ2v) is 23.4. The van der Waals surface area contributed by atoms with Crippen LogP contribution in [0, 0.1) is 50.2 Å². The lowest BCUT2D eigenvalue weighted by molar-refractivity contribution is -0.396. The number of hydrogen-bond donors (Lipinski definition) is 10. The highest BCUT2D eigenvalue weighted by Crippen LogP contribution is 2.75. The van der Waals surface area contributed by atoms with Gasteiger partial charge in [0.2, 0.25) is 0 Å². The quantitative estimate of drug-likeness (QED) is 0.114. The van der Waals surface area contributed by atoms with Crippen molar-refractivity contribution in [3.63, 3.8) is 0 Å². The van der Waals surface area contributed by atoms with Crippen molar-refractivity contribution in [1.29, 1.82) is 0 Å². The summed E-state index contributed by atoms with van der Waals surface area (Å²) in [5.41, 5.74) is -0.509. The zero-order valence-electron chi connectivity index (χ0n) is 39.6. The number of carbonyl (C=O) groups is 2. The highest BCUT2D eigenvalue weighted by molar-refractivity contribution is 5.87. The van der Waals surface area contributed by atoms with Gasteiger partial charge in [-0.1, -0.05) is 60.1 Å². The minimum atomic E-state index is -2.07. The Morgan fingerprint density at radius 2 is 1.35 bits per heavy atom. The van der Waals surface area contributed by atoms with E-state index in [2.05, 4.69) is 47.6 Å². The fourth-order valence-electron chi connectivity index (χ4n) is 14.9. The number of hydrogen-bond acceptors (Lipinski definition) is 17. The zero-order chi connectivity index (χ0) is 48.4. The van der Waals surface area contributed by atoms with Crippen LogP contribution < -0.4 is 0 Å². The standard InChI is InChI=1S/C48H76O18/c1-21-29(52)31(54)35(58)40(61-21)65-37-32(55)30(53)24(19-49)62-41(37)66-38-34(57)33(56)36(39(59)60)64-42(38)63-28-12-13-45(5)25(46(28,6)20-50)11-14-48(8)26(45)10-9-22-23-17-43(2,3)18-27(51)44(23,4)15-16-47(22,48)7/h9,21,23-26,28-38,40-42,49-50,52-58H,10-20H2,1-8H3,(H,59,60)/t21-,23-,24+,25+,26+,28-,29-,30+,31+,32-,33-,34-,35+,36-,37+,38+,40-,41-,42+,44+,45-,46+,47+,48+/m0/s1. The Kier molecular flexibility index (Phi) is 13.5. The van der Waals surface area contributed by atoms with Gasteiger partial charge in [-0.2, -0.15) is 0 Å². The van der Waals surface area contributed by atoms with E-state index in [1.807, 2.05) is 6.92 Å². The summed E-state index contributed by atoms with van der Waals surface area (Å²) in [7, 11) is 0. The molecule has 0 unspecified atom stereocenters. The van der Waals surface area contributed by atoms with E-state index in [9.17, 15) is 60.7 Å². The number of carboxylic acid groups (broad SMARTS) is 1. The summed E-state index contributed by atoms with van der Waals surface area (Å²) in [5, 5.41) is 108. The second-order valence-electron chi connectivity index (χ2n) is 23.4. The Labute approximate surface area is 386 Å². The van der Waals surface area contributed by atoms with Gasteiger partial charge in [0.05, 0.1) is 25.4 Å². The number of aliphatic hydroxyl groups is 9. The Balaban J connectivity index is 1.08. The molecule has 0 bridgehead atoms. The van der Waals surface area contributed by atoms with Crippen LogP contribution in [0.15, 0.2) is 11.6 Å². The molecular weight excluding hydrogens is 865 g/mol. The average molecular weight is 941 g/mol. The van der Waals surface area contributed by atoms with Crippen molar-refractivity contribution in [2.24, 2.45) is 50.2 Å². The molecule has 7 fully saturated rings. The van der Waals surface area contributed by atoms with Crippen LogP contribution in [0.5, 0.6) is 0 Å². The molecule has 18 nitrogen and oxygen atoms in total. The molecule has 8 aliphatic rings. The molecule has 8 rings (SSSR count). The first-order valence-corrected chi connectivity index (χ1v) is 24.1. The van der Waals surface area contributed by atoms with Crippen molar-refractivity contribution in [3.8, 4) is 0 Å². The van der Waals surface area contributed by atoms with Gasteiger partial charge in [0, 0.05) is 17.3 Å². The summed E-state index contributed by atoms with van der Waals surface area (Å²) < 4.78 is 36.2. The van der Waals surface area contributed by atoms with Crippen molar-refractivity contribution in [1.82, 2.24) is 0 Å². The normalized spacial score (nSPS) is 54.8. The molecule has 3 aliphatic heterocycles. The molecule has 4 saturated carbocycles. The maximum atomic E-state index is 13.8. The van der Waals surface area contributed by atoms with E-state index in [1.54, 1.807) is 0 Å². The minimum Gasteiger partial charge on any atom is -0.479 e. The maximum absolute atomic E-state index is 13.8. The van der Waals surface area contributed by atoms with Crippen LogP contribution in [0.4, 0.5) is 0 Å². The lowest BCUT2D eigenvalue weighted by Crippen LogP contribution is -2.68. The molecule has 5 aliphatic carbocycles. The molecule has 0 spiro atoms. The third-order valence-corrected chi connectivity index (χ3v) is 19.2. The molecule has 0 amide bonds. The molecule has 0 aromatic heterocycles. The molecule has 24 atom stereocenters. The second kappa shape index (κ2) is 17.5. The number of rotatable bonds is 9. The highest BCUT2D eigenvalue weighted by Gasteiger charge is 2.70. The number of aliphatic hydroxyl groups excluding tert-OH is 9. The highest BCUT2D eigenvalue weighted by atomic mass is 16.8. The van der Waals surface area contributed by atoms with Gasteiger partial charge in [-0.05, 0) is 97.7 Å². The molecule has 18 heteroatoms. The Bertz CT molecular complexity index is 1860. The SMILES string of the molecule is C[C@@H]1O[C@@H](O[C@H]2[C@H](O[C@H]3[C@H](O[C@H]4CC[C@@]5(C)[C@@H](CC[C@]6(C)[C@@H]5CC=C5[C@@H]7CC(C)(C)CC(=O)[C@]7(C)CC[C@]56C)[C@@]4(C)CO)O[C@H](C(=O)O)[C@@H](O)[C@@H]3O)O[C@H](CO)[C@@H](O)[C@@H]2O)[C@H](O)[C@H](O)[C@H]1O. The molecule has 0 aromatic rings. The van der Waals surface area contributed by atoms with Crippen molar-refractivity contribution in [3.05, 3.63) is 11.6 Å². The number of allylic oxidation sites excluding steroid dienone is 2. The van der Waals surface area contributed by atoms with Gasteiger partial charge in [-0.15, -0.1) is 0 Å². The van der Waals surface area contributed by atoms with Gasteiger partial charge in [-0.25, -0.2) is 4.79 Å². The third kappa shape index (κ3) is 7.70. The van der Waals surface area contributed by atoms with Gasteiger partial charge in [-0.3, -0.25) is 4.79 Å². The zero-order valence-corrected chi connectivity index (χ0v) is 39.6. The van der Waals surface area contributed by atoms with Gasteiger partial charge in [0.15, 0.2) is 25.0 Å². The number of carboxylic acids is 1. The molecule has 0 radical (unpaired) electrons. The molecule has 10 N–H and O–H groups in total. The predicted molar refractivity (Wildman–Crippen MR) is 230 cm³/mol. The summed E-state index contributed by atoms with van der Waals surface area (Å²) in [5.74, 6) is -0.928. The lowest BCUT2D eigenvalue weighted by Gasteiger charge is -2.71. The molecule has 0 aromatic carbocycles. The van der Waals surface area contributed by atoms with Crippen molar-refractivity contribution >= 4 is 11.8 Å². The van der Waals surface area contributed by atoms with Crippen LogP contribution in [0.25, 0.3) is 0 Å². The fraction of sp³-hybridized carbons (Fsp3) is 0.917. The van der Waals surface area contributed by atoms with Crippen LogP contribution in [0.3, 0.4) is 0 Å². The number of ether oxygens (including phenoxy) is 6. The first kappa shape index (κ1) is 50.7. The van der Waals surface area contributed by atoms with Crippen LogP contribution in [-0.4, -0.2) is 174 Å². The number of fused-ring (bicyclic) bond motifs is 7. The lowest BCUT2D eigenvalue weighted by atomic mass is 9.33. The van der Waals surface area contributed by atoms with Crippen LogP contribution in [0.1, 0.15) is 113 Å². The number of carbonyl (C=O) groups excluding carboxylic acids is 1. The fourth-order valence-corrected chi connectivity index (χ4v) is 14.9. The largest absolute Gasteiger partial charge is 0.479 e. The summed E-state index contributed by atoms with van der Waals surface area (Å²) in [6, 6.07) is 0. The number of aliphatic carboxylic acids is 1. The predicted octanol–water partition coefficient (Wildman–Crippen LogP) is 0.913. The van der Waals surface area contributed by atoms with Crippen molar-refractivity contribution in [2.75, 3.05) is 13.2 Å². The van der Waals surface area contributed by atoms with Crippen LogP contribution in [-0.2, 0) is 38.0 Å². The molecule has 3 heterocycles. The van der Waals surface area contributed by atoms with Gasteiger partial charge in [0.25, 0.3) is 0 Å². The molecule has 66 heavy (non-hydrogen) atoms. The van der Waals surface area contributed by atoms with Crippen molar-refractivity contribution < 1.29 is 89.1 Å². The first-order chi connectivity index (χ1) is 30.7. The van der Waals surface area contributed by atoms with Crippen LogP contribution >= 0.6 is 0 Å². The molecule has 3 saturated heterocycles. The third-order valence-electron chi connectivity index (χ3n) is 19.2. The summed E-state index contributed by atoms with van der Waals surface area (Å²) in [6.07, 6.45) is -17.8. The van der Waals surface area contributed by atoms with E-state index in [1.165, 1.54) is 12.5 Å². The van der Waals surface area contributed by atoms with E-state index < -0.39 is 116 Å². The van der Waals surface area contributed by atoms with E-state index in [0.717, 1.165) is 38.5 Å². The summed E-state index contributed by atoms with van der Waals surface area (Å²) in [4.78, 5) is 26.3. The van der Waals surface area contributed by atoms with E-state index in [0.29, 0.717) is 25.0 Å². The minimum absolute atomic E-state index is 0.0830. The molecule has 376 valence electrons. The average Bonchev–Trinajstić information content (AvgIpc) is 3.25. The Morgan fingerprint density at radius 3 is 1.98 bits per heavy atom. The monoisotopic (exact) mass is 941 g/mol. The Hall–Kier alpha value is -1.72.